The van der Waals surface area contributed by atoms with Crippen molar-refractivity contribution in [2.75, 3.05) is 19.8 Å². The van der Waals surface area contributed by atoms with Gasteiger partial charge < -0.3 is 49.6 Å². The molecule has 0 amide bonds. The Balaban J connectivity index is 1.52. The van der Waals surface area contributed by atoms with Gasteiger partial charge in [-0.1, -0.05) is 42.5 Å². The van der Waals surface area contributed by atoms with E-state index in [4.69, 9.17) is 24.1 Å². The molecule has 2 aliphatic rings. The molecule has 0 bridgehead atoms. The lowest BCUT2D eigenvalue weighted by Gasteiger charge is -2.40. The summed E-state index contributed by atoms with van der Waals surface area (Å²) in [6, 6.07) is 9.50. The lowest BCUT2D eigenvalue weighted by atomic mass is 9.99. The van der Waals surface area contributed by atoms with Crippen LogP contribution < -0.4 is 0 Å². The Bertz CT molecular complexity index is 671. The number of ether oxygens (including phenoxy) is 4. The molecule has 9 atom stereocenters. The fourth-order valence-corrected chi connectivity index (χ4v) is 3.28. The summed E-state index contributed by atoms with van der Waals surface area (Å²) < 4.78 is 21.5. The van der Waals surface area contributed by atoms with Crippen LogP contribution in [0.1, 0.15) is 5.56 Å². The summed E-state index contributed by atoms with van der Waals surface area (Å²) in [5.74, 6) is 0. The first-order chi connectivity index (χ1) is 14.4. The third kappa shape index (κ3) is 5.42. The molecule has 10 nitrogen and oxygen atoms in total. The van der Waals surface area contributed by atoms with E-state index in [0.29, 0.717) is 0 Å². The lowest BCUT2D eigenvalue weighted by molar-refractivity contribution is -0.307. The van der Waals surface area contributed by atoms with Crippen molar-refractivity contribution in [3.05, 3.63) is 42.0 Å². The number of hydrogen-bond acceptors (Lipinski definition) is 10. The zero-order chi connectivity index (χ0) is 21.7. The Kier molecular flexibility index (Phi) is 8.31. The smallest absolute Gasteiger partial charge is 0.187 e. The van der Waals surface area contributed by atoms with Crippen LogP contribution in [-0.2, 0) is 18.9 Å². The highest BCUT2D eigenvalue weighted by atomic mass is 16.7. The fourth-order valence-electron chi connectivity index (χ4n) is 3.28. The van der Waals surface area contributed by atoms with E-state index in [1.165, 1.54) is 0 Å². The highest BCUT2D eigenvalue weighted by Gasteiger charge is 2.47. The van der Waals surface area contributed by atoms with Gasteiger partial charge in [0.2, 0.25) is 0 Å². The average Bonchev–Trinajstić information content (AvgIpc) is 3.04. The summed E-state index contributed by atoms with van der Waals surface area (Å²) in [5, 5.41) is 59.1. The van der Waals surface area contributed by atoms with E-state index in [1.54, 1.807) is 6.08 Å². The van der Waals surface area contributed by atoms with Crippen LogP contribution in [0.2, 0.25) is 0 Å². The molecule has 0 radical (unpaired) electrons. The molecule has 2 fully saturated rings. The second kappa shape index (κ2) is 10.7. The van der Waals surface area contributed by atoms with Crippen molar-refractivity contribution in [2.24, 2.45) is 0 Å². The Morgan fingerprint density at radius 2 is 1.37 bits per heavy atom. The zero-order valence-electron chi connectivity index (χ0n) is 16.2. The molecule has 0 aromatic heterocycles. The number of benzene rings is 1. The third-order valence-corrected chi connectivity index (χ3v) is 5.06. The summed E-state index contributed by atoms with van der Waals surface area (Å²) in [4.78, 5) is 0. The van der Waals surface area contributed by atoms with Crippen molar-refractivity contribution >= 4 is 6.08 Å². The molecule has 30 heavy (non-hydrogen) atoms. The summed E-state index contributed by atoms with van der Waals surface area (Å²) in [6.07, 6.45) is -8.23. The molecule has 168 valence electrons. The number of hydrogen-bond donors (Lipinski definition) is 6. The largest absolute Gasteiger partial charge is 0.394 e. The van der Waals surface area contributed by atoms with Crippen molar-refractivity contribution < 1.29 is 49.6 Å². The molecule has 0 saturated carbocycles. The van der Waals surface area contributed by atoms with Gasteiger partial charge in [0, 0.05) is 0 Å². The molecule has 2 aliphatic heterocycles. The second-order valence-corrected chi connectivity index (χ2v) is 7.20. The van der Waals surface area contributed by atoms with Gasteiger partial charge in [0.25, 0.3) is 0 Å². The Morgan fingerprint density at radius 3 is 2.03 bits per heavy atom. The van der Waals surface area contributed by atoms with Gasteiger partial charge in [0.15, 0.2) is 12.6 Å². The monoisotopic (exact) mass is 428 g/mol. The van der Waals surface area contributed by atoms with Crippen LogP contribution in [0.25, 0.3) is 6.08 Å². The molecule has 1 aromatic rings. The molecule has 10 heteroatoms. The molecule has 3 rings (SSSR count). The number of aliphatic hydroxyl groups excluding tert-OH is 6. The quantitative estimate of drug-likeness (QED) is 0.273. The fraction of sp³-hybridized carbons (Fsp3) is 0.600. The van der Waals surface area contributed by atoms with E-state index in [0.717, 1.165) is 5.56 Å². The van der Waals surface area contributed by atoms with E-state index in [-0.39, 0.29) is 13.2 Å². The highest BCUT2D eigenvalue weighted by Crippen LogP contribution is 2.26. The molecule has 0 aliphatic carbocycles. The molecule has 2 saturated heterocycles. The van der Waals surface area contributed by atoms with Gasteiger partial charge in [0.1, 0.15) is 42.7 Å². The van der Waals surface area contributed by atoms with Gasteiger partial charge in [-0.15, -0.1) is 0 Å². The van der Waals surface area contributed by atoms with Crippen LogP contribution in [0.3, 0.4) is 0 Å². The maximum Gasteiger partial charge on any atom is 0.187 e. The van der Waals surface area contributed by atoms with Crippen molar-refractivity contribution in [2.45, 2.75) is 55.3 Å². The summed E-state index contributed by atoms with van der Waals surface area (Å²) in [7, 11) is 0. The first-order valence-corrected chi connectivity index (χ1v) is 9.69. The molecular formula is C20H28O10. The Hall–Kier alpha value is -1.44. The Morgan fingerprint density at radius 1 is 0.767 bits per heavy atom. The third-order valence-electron chi connectivity index (χ3n) is 5.06. The van der Waals surface area contributed by atoms with E-state index in [1.807, 2.05) is 36.4 Å². The van der Waals surface area contributed by atoms with E-state index in [9.17, 15) is 25.5 Å². The maximum atomic E-state index is 10.2. The summed E-state index contributed by atoms with van der Waals surface area (Å²) in [6.45, 7) is -0.739. The minimum atomic E-state index is -1.54. The lowest BCUT2D eigenvalue weighted by Crippen LogP contribution is -2.59. The first-order valence-electron chi connectivity index (χ1n) is 9.69. The minimum Gasteiger partial charge on any atom is -0.394 e. The zero-order valence-corrected chi connectivity index (χ0v) is 16.2. The Labute approximate surface area is 173 Å². The van der Waals surface area contributed by atoms with Crippen LogP contribution in [0.15, 0.2) is 36.4 Å². The van der Waals surface area contributed by atoms with Crippen LogP contribution in [0.5, 0.6) is 0 Å². The van der Waals surface area contributed by atoms with Crippen LogP contribution >= 0.6 is 0 Å². The van der Waals surface area contributed by atoms with Crippen LogP contribution in [0.4, 0.5) is 0 Å². The van der Waals surface area contributed by atoms with E-state index >= 15 is 0 Å². The number of aliphatic hydroxyl groups is 6. The molecule has 6 N–H and O–H groups in total. The average molecular weight is 428 g/mol. The maximum absolute atomic E-state index is 10.2. The van der Waals surface area contributed by atoms with Gasteiger partial charge in [-0.3, -0.25) is 0 Å². The minimum absolute atomic E-state index is 0.0852. The van der Waals surface area contributed by atoms with Crippen molar-refractivity contribution in [3.63, 3.8) is 0 Å². The summed E-state index contributed by atoms with van der Waals surface area (Å²) in [5.41, 5.74) is 0.964. The van der Waals surface area contributed by atoms with Gasteiger partial charge in [-0.25, -0.2) is 0 Å². The van der Waals surface area contributed by atoms with Crippen molar-refractivity contribution in [1.82, 2.24) is 0 Å². The predicted octanol–water partition coefficient (Wildman–Crippen LogP) is -2.02. The van der Waals surface area contributed by atoms with Gasteiger partial charge in [0.05, 0.1) is 19.8 Å². The van der Waals surface area contributed by atoms with Crippen LogP contribution in [-0.4, -0.2) is 106 Å². The van der Waals surface area contributed by atoms with Gasteiger partial charge in [-0.05, 0) is 5.56 Å². The van der Waals surface area contributed by atoms with Crippen molar-refractivity contribution in [1.29, 1.82) is 0 Å². The predicted molar refractivity (Wildman–Crippen MR) is 102 cm³/mol. The van der Waals surface area contributed by atoms with Crippen molar-refractivity contribution in [3.8, 4) is 0 Å². The van der Waals surface area contributed by atoms with Gasteiger partial charge in [-0.2, -0.15) is 0 Å². The molecule has 9 unspecified atom stereocenters. The SMILES string of the molecule is OCC1OC(OCC2OC(OC/C=C/c3ccccc3)C(O)C(O)C2O)C(O)C1O. The molecular weight excluding hydrogens is 400 g/mol. The molecule has 0 spiro atoms. The van der Waals surface area contributed by atoms with E-state index < -0.39 is 61.9 Å². The second-order valence-electron chi connectivity index (χ2n) is 7.20. The highest BCUT2D eigenvalue weighted by molar-refractivity contribution is 5.48. The van der Waals surface area contributed by atoms with E-state index in [2.05, 4.69) is 0 Å². The topological polar surface area (TPSA) is 158 Å². The van der Waals surface area contributed by atoms with Crippen LogP contribution in [0, 0.1) is 0 Å². The van der Waals surface area contributed by atoms with Gasteiger partial charge >= 0.3 is 0 Å². The normalized spacial score (nSPS) is 39.6. The summed E-state index contributed by atoms with van der Waals surface area (Å²) >= 11 is 0. The standard InChI is InChI=1S/C20H28O10/c21-9-12-14(22)17(25)20(29-12)28-10-13-15(23)16(24)18(26)19(30-13)27-8-4-7-11-5-2-1-3-6-11/h1-7,12-26H,8-10H2/b7-4+. The number of rotatable bonds is 8. The first kappa shape index (κ1) is 23.2. The molecule has 1 aromatic carbocycles. The molecule has 2 heterocycles.